The van der Waals surface area contributed by atoms with E-state index in [4.69, 9.17) is 5.73 Å². The van der Waals surface area contributed by atoms with Crippen LogP contribution in [0.15, 0.2) is 24.3 Å². The highest BCUT2D eigenvalue weighted by Gasteiger charge is 2.35. The molecule has 0 bridgehead atoms. The lowest BCUT2D eigenvalue weighted by Gasteiger charge is -2.39. The third-order valence-corrected chi connectivity index (χ3v) is 5.35. The summed E-state index contributed by atoms with van der Waals surface area (Å²) in [5.41, 5.74) is 5.64. The van der Waals surface area contributed by atoms with Gasteiger partial charge in [0, 0.05) is 43.8 Å². The zero-order valence-corrected chi connectivity index (χ0v) is 14.5. The highest BCUT2D eigenvalue weighted by Crippen LogP contribution is 2.32. The highest BCUT2D eigenvalue weighted by molar-refractivity contribution is 5.79. The van der Waals surface area contributed by atoms with Crippen LogP contribution in [0.25, 0.3) is 0 Å². The van der Waals surface area contributed by atoms with Crippen molar-refractivity contribution in [3.8, 4) is 0 Å². The van der Waals surface area contributed by atoms with E-state index in [9.17, 15) is 23.1 Å². The van der Waals surface area contributed by atoms with Crippen molar-refractivity contribution in [2.45, 2.75) is 37.6 Å². The molecule has 0 aromatic heterocycles. The summed E-state index contributed by atoms with van der Waals surface area (Å²) in [6, 6.07) is 5.00. The van der Waals surface area contributed by atoms with Gasteiger partial charge in [-0.2, -0.15) is 13.2 Å². The molecule has 144 valence electrons. The molecule has 8 heteroatoms. The van der Waals surface area contributed by atoms with Gasteiger partial charge in [0.1, 0.15) is 0 Å². The van der Waals surface area contributed by atoms with Crippen LogP contribution in [0, 0.1) is 5.92 Å². The van der Waals surface area contributed by atoms with Gasteiger partial charge in [0.2, 0.25) is 5.91 Å². The third-order valence-electron chi connectivity index (χ3n) is 5.35. The SMILES string of the molecule is N[C@H]1CC[C@H](C(=O)N2CCN(c3cccc(C(F)(F)F)c3)CC2)C[C@@H]1O. The number of carbonyl (C=O) groups is 1. The van der Waals surface area contributed by atoms with Crippen LogP contribution in [-0.4, -0.2) is 54.2 Å². The number of nitrogens with two attached hydrogens (primary N) is 1. The summed E-state index contributed by atoms with van der Waals surface area (Å²) in [7, 11) is 0. The Hall–Kier alpha value is -1.80. The van der Waals surface area contributed by atoms with Crippen LogP contribution >= 0.6 is 0 Å². The van der Waals surface area contributed by atoms with Crippen molar-refractivity contribution >= 4 is 11.6 Å². The molecular formula is C18H24F3N3O2. The average molecular weight is 371 g/mol. The summed E-state index contributed by atoms with van der Waals surface area (Å²) in [6.07, 6.45) is -3.33. The summed E-state index contributed by atoms with van der Waals surface area (Å²) in [5.74, 6) is -0.204. The van der Waals surface area contributed by atoms with Crippen LogP contribution in [0.1, 0.15) is 24.8 Å². The second-order valence-corrected chi connectivity index (χ2v) is 7.10. The number of carbonyl (C=O) groups excluding carboxylic acids is 1. The third kappa shape index (κ3) is 4.12. The highest BCUT2D eigenvalue weighted by atomic mass is 19.4. The van der Waals surface area contributed by atoms with Crippen LogP contribution in [0.2, 0.25) is 0 Å². The Labute approximate surface area is 150 Å². The van der Waals surface area contributed by atoms with E-state index in [1.807, 2.05) is 4.90 Å². The van der Waals surface area contributed by atoms with E-state index in [1.54, 1.807) is 11.0 Å². The number of nitrogens with zero attached hydrogens (tertiary/aromatic N) is 2. The molecule has 1 saturated heterocycles. The lowest BCUT2D eigenvalue weighted by molar-refractivity contribution is -0.138. The number of aliphatic hydroxyl groups excluding tert-OH is 1. The predicted octanol–water partition coefficient (Wildman–Crippen LogP) is 1.84. The van der Waals surface area contributed by atoms with Crippen LogP contribution in [-0.2, 0) is 11.0 Å². The van der Waals surface area contributed by atoms with E-state index in [0.717, 1.165) is 12.1 Å². The van der Waals surface area contributed by atoms with Gasteiger partial charge in [-0.05, 0) is 37.5 Å². The Balaban J connectivity index is 1.58. The molecule has 2 fully saturated rings. The van der Waals surface area contributed by atoms with E-state index in [-0.39, 0.29) is 17.9 Å². The number of benzene rings is 1. The normalized spacial score (nSPS) is 27.5. The topological polar surface area (TPSA) is 69.8 Å². The van der Waals surface area contributed by atoms with Gasteiger partial charge < -0.3 is 20.6 Å². The molecule has 0 spiro atoms. The number of amides is 1. The lowest BCUT2D eigenvalue weighted by Crippen LogP contribution is -2.52. The molecular weight excluding hydrogens is 347 g/mol. The first kappa shape index (κ1) is 19.0. The molecule has 1 aromatic carbocycles. The number of alkyl halides is 3. The Morgan fingerprint density at radius 1 is 1.15 bits per heavy atom. The molecule has 1 aliphatic heterocycles. The lowest BCUT2D eigenvalue weighted by atomic mass is 9.83. The molecule has 1 heterocycles. The van der Waals surface area contributed by atoms with Crippen molar-refractivity contribution < 1.29 is 23.1 Å². The van der Waals surface area contributed by atoms with E-state index in [1.165, 1.54) is 6.07 Å². The Morgan fingerprint density at radius 2 is 1.85 bits per heavy atom. The Kier molecular flexibility index (Phi) is 5.43. The number of aliphatic hydroxyl groups is 1. The molecule has 1 aliphatic carbocycles. The van der Waals surface area contributed by atoms with Crippen molar-refractivity contribution in [3.63, 3.8) is 0 Å². The van der Waals surface area contributed by atoms with Crippen molar-refractivity contribution in [2.24, 2.45) is 11.7 Å². The summed E-state index contributed by atoms with van der Waals surface area (Å²) >= 11 is 0. The zero-order chi connectivity index (χ0) is 18.9. The maximum absolute atomic E-state index is 12.9. The standard InChI is InChI=1S/C18H24F3N3O2/c19-18(20,21)13-2-1-3-14(11-13)23-6-8-24(9-7-23)17(26)12-4-5-15(22)16(25)10-12/h1-3,11-12,15-16,25H,4-10,22H2/t12-,15-,16-/m0/s1. The smallest absolute Gasteiger partial charge is 0.391 e. The fourth-order valence-electron chi connectivity index (χ4n) is 3.72. The molecule has 3 N–H and O–H groups in total. The minimum atomic E-state index is -4.36. The van der Waals surface area contributed by atoms with E-state index >= 15 is 0 Å². The fraction of sp³-hybridized carbons (Fsp3) is 0.611. The Morgan fingerprint density at radius 3 is 2.46 bits per heavy atom. The van der Waals surface area contributed by atoms with E-state index in [2.05, 4.69) is 0 Å². The van der Waals surface area contributed by atoms with Crippen molar-refractivity contribution in [1.29, 1.82) is 0 Å². The quantitative estimate of drug-likeness (QED) is 0.832. The molecule has 3 atom stereocenters. The van der Waals surface area contributed by atoms with E-state index in [0.29, 0.717) is 51.1 Å². The van der Waals surface area contributed by atoms with Crippen molar-refractivity contribution in [3.05, 3.63) is 29.8 Å². The van der Waals surface area contributed by atoms with Gasteiger partial charge in [0.05, 0.1) is 11.7 Å². The summed E-state index contributed by atoms with van der Waals surface area (Å²) < 4.78 is 38.6. The molecule has 2 aliphatic rings. The molecule has 0 radical (unpaired) electrons. The van der Waals surface area contributed by atoms with Crippen molar-refractivity contribution in [2.75, 3.05) is 31.1 Å². The van der Waals surface area contributed by atoms with Crippen LogP contribution < -0.4 is 10.6 Å². The first-order valence-electron chi connectivity index (χ1n) is 8.90. The van der Waals surface area contributed by atoms with Gasteiger partial charge in [-0.15, -0.1) is 0 Å². The molecule has 1 aromatic rings. The van der Waals surface area contributed by atoms with Gasteiger partial charge in [0.15, 0.2) is 0 Å². The number of piperazine rings is 1. The number of rotatable bonds is 2. The fourth-order valence-corrected chi connectivity index (χ4v) is 3.72. The average Bonchev–Trinajstić information content (AvgIpc) is 2.63. The number of hydrogen-bond donors (Lipinski definition) is 2. The second-order valence-electron chi connectivity index (χ2n) is 7.10. The molecule has 1 amide bonds. The predicted molar refractivity (Wildman–Crippen MR) is 91.6 cm³/mol. The number of anilines is 1. The summed E-state index contributed by atoms with van der Waals surface area (Å²) in [5, 5.41) is 9.88. The maximum atomic E-state index is 12.9. The van der Waals surface area contributed by atoms with Crippen LogP contribution in [0.4, 0.5) is 18.9 Å². The first-order chi connectivity index (χ1) is 12.3. The molecule has 5 nitrogen and oxygen atoms in total. The van der Waals surface area contributed by atoms with Crippen molar-refractivity contribution in [1.82, 2.24) is 4.90 Å². The van der Waals surface area contributed by atoms with Gasteiger partial charge in [-0.25, -0.2) is 0 Å². The first-order valence-corrected chi connectivity index (χ1v) is 8.90. The molecule has 3 rings (SSSR count). The molecule has 0 unspecified atom stereocenters. The van der Waals surface area contributed by atoms with Crippen LogP contribution in [0.5, 0.6) is 0 Å². The molecule has 26 heavy (non-hydrogen) atoms. The maximum Gasteiger partial charge on any atom is 0.416 e. The largest absolute Gasteiger partial charge is 0.416 e. The molecule has 1 saturated carbocycles. The van der Waals surface area contributed by atoms with Gasteiger partial charge in [-0.1, -0.05) is 6.07 Å². The minimum Gasteiger partial charge on any atom is -0.391 e. The second kappa shape index (κ2) is 7.44. The van der Waals surface area contributed by atoms with Crippen LogP contribution in [0.3, 0.4) is 0 Å². The zero-order valence-electron chi connectivity index (χ0n) is 14.5. The Bertz CT molecular complexity index is 645. The van der Waals surface area contributed by atoms with Gasteiger partial charge in [-0.3, -0.25) is 4.79 Å². The van der Waals surface area contributed by atoms with E-state index < -0.39 is 17.8 Å². The minimum absolute atomic E-state index is 0.0136. The van der Waals surface area contributed by atoms with Gasteiger partial charge >= 0.3 is 6.18 Å². The summed E-state index contributed by atoms with van der Waals surface area (Å²) in [6.45, 7) is 1.91. The number of hydrogen-bond acceptors (Lipinski definition) is 4. The summed E-state index contributed by atoms with van der Waals surface area (Å²) in [4.78, 5) is 16.3. The van der Waals surface area contributed by atoms with Gasteiger partial charge in [0.25, 0.3) is 0 Å². The monoisotopic (exact) mass is 371 g/mol. The number of halogens is 3.